The average Bonchev–Trinajstić information content (AvgIpc) is 3.43. The van der Waals surface area contributed by atoms with Gasteiger partial charge in [0.25, 0.3) is 5.91 Å². The van der Waals surface area contributed by atoms with Crippen LogP contribution >= 0.6 is 0 Å². The lowest BCUT2D eigenvalue weighted by atomic mass is 10.1. The summed E-state index contributed by atoms with van der Waals surface area (Å²) in [4.78, 5) is 27.8. The van der Waals surface area contributed by atoms with Crippen molar-refractivity contribution in [3.05, 3.63) is 58.5 Å². The molecule has 3 aromatic rings. The Bertz CT molecular complexity index is 1260. The number of likely N-dealkylation sites (N-methyl/N-ethyl adjacent to an activating group) is 2. The predicted molar refractivity (Wildman–Crippen MR) is 136 cm³/mol. The van der Waals surface area contributed by atoms with E-state index in [4.69, 9.17) is 4.52 Å². The van der Waals surface area contributed by atoms with E-state index in [1.807, 2.05) is 37.9 Å². The standard InChI is InChI=1S/C26H33FN6O3/c1-5-28-8-9-33(23-12-22-18(3)30-36-24(22)10-17(23)2)26(35)14-29-13-25(34)31(4)32-15-19-6-7-21(27)11-20(19)16-32/h6-7,10-12,28-29H,5,8-9,13-16H2,1-4H3. The van der Waals surface area contributed by atoms with Crippen molar-refractivity contribution in [3.63, 3.8) is 0 Å². The molecule has 0 radical (unpaired) electrons. The van der Waals surface area contributed by atoms with Crippen LogP contribution in [0.15, 0.2) is 34.9 Å². The molecule has 2 N–H and O–H groups in total. The van der Waals surface area contributed by atoms with Crippen LogP contribution in [0.25, 0.3) is 11.0 Å². The van der Waals surface area contributed by atoms with Crippen molar-refractivity contribution in [2.24, 2.45) is 0 Å². The number of amides is 2. The third kappa shape index (κ3) is 5.56. The summed E-state index contributed by atoms with van der Waals surface area (Å²) in [5.74, 6) is -0.589. The monoisotopic (exact) mass is 496 g/mol. The van der Waals surface area contributed by atoms with E-state index in [9.17, 15) is 14.0 Å². The fourth-order valence-electron chi connectivity index (χ4n) is 4.43. The zero-order valence-electron chi connectivity index (χ0n) is 21.2. The summed E-state index contributed by atoms with van der Waals surface area (Å²) >= 11 is 0. The molecule has 0 unspecified atom stereocenters. The zero-order chi connectivity index (χ0) is 25.8. The Hall–Kier alpha value is -3.34. The molecule has 2 amide bonds. The van der Waals surface area contributed by atoms with Crippen LogP contribution in [-0.2, 0) is 22.7 Å². The summed E-state index contributed by atoms with van der Waals surface area (Å²) in [5, 5.41) is 14.6. The molecule has 2 heterocycles. The van der Waals surface area contributed by atoms with Crippen molar-refractivity contribution in [1.82, 2.24) is 25.8 Å². The Balaban J connectivity index is 1.38. The zero-order valence-corrected chi connectivity index (χ0v) is 21.2. The maximum atomic E-state index is 13.5. The molecule has 1 aliphatic heterocycles. The SMILES string of the molecule is CCNCCN(C(=O)CNCC(=O)N(C)N1Cc2ccc(F)cc2C1)c1cc2c(C)noc2cc1C. The first-order valence-corrected chi connectivity index (χ1v) is 12.2. The van der Waals surface area contributed by atoms with Crippen LogP contribution in [0, 0.1) is 19.7 Å². The Labute approximate surface area is 210 Å². The second-order valence-electron chi connectivity index (χ2n) is 9.06. The van der Waals surface area contributed by atoms with Gasteiger partial charge in [-0.15, -0.1) is 0 Å². The topological polar surface area (TPSA) is 94.0 Å². The number of hydrogen-bond acceptors (Lipinski definition) is 7. The van der Waals surface area contributed by atoms with Crippen molar-refractivity contribution >= 4 is 28.5 Å². The van der Waals surface area contributed by atoms with Crippen molar-refractivity contribution in [2.45, 2.75) is 33.9 Å². The first-order valence-electron chi connectivity index (χ1n) is 12.2. The van der Waals surface area contributed by atoms with E-state index in [1.54, 1.807) is 18.0 Å². The molecule has 2 aromatic carbocycles. The Morgan fingerprint density at radius 3 is 2.61 bits per heavy atom. The molecular formula is C26H33FN6O3. The molecular weight excluding hydrogens is 463 g/mol. The van der Waals surface area contributed by atoms with Crippen LogP contribution < -0.4 is 15.5 Å². The molecule has 0 saturated carbocycles. The van der Waals surface area contributed by atoms with E-state index in [-0.39, 0.29) is 30.7 Å². The lowest BCUT2D eigenvalue weighted by molar-refractivity contribution is -0.145. The van der Waals surface area contributed by atoms with Crippen LogP contribution in [0.5, 0.6) is 0 Å². The minimum Gasteiger partial charge on any atom is -0.356 e. The lowest BCUT2D eigenvalue weighted by Gasteiger charge is -2.28. The van der Waals surface area contributed by atoms with Gasteiger partial charge in [0.1, 0.15) is 5.82 Å². The summed E-state index contributed by atoms with van der Waals surface area (Å²) in [7, 11) is 1.69. The van der Waals surface area contributed by atoms with Gasteiger partial charge in [-0.25, -0.2) is 9.40 Å². The van der Waals surface area contributed by atoms with Crippen LogP contribution in [0.4, 0.5) is 10.1 Å². The van der Waals surface area contributed by atoms with Gasteiger partial charge in [0, 0.05) is 44.3 Å². The number of halogens is 1. The molecule has 0 bridgehead atoms. The molecule has 4 rings (SSSR count). The fraction of sp³-hybridized carbons (Fsp3) is 0.423. The fourth-order valence-corrected chi connectivity index (χ4v) is 4.43. The second-order valence-corrected chi connectivity index (χ2v) is 9.06. The number of carbonyl (C=O) groups excluding carboxylic acids is 2. The van der Waals surface area contributed by atoms with Crippen LogP contribution in [-0.4, -0.2) is 66.8 Å². The minimum absolute atomic E-state index is 0.00721. The summed E-state index contributed by atoms with van der Waals surface area (Å²) in [6, 6.07) is 8.52. The van der Waals surface area contributed by atoms with Gasteiger partial charge < -0.3 is 14.7 Å². The number of rotatable bonds is 10. The Morgan fingerprint density at radius 1 is 1.08 bits per heavy atom. The number of benzene rings is 2. The van der Waals surface area contributed by atoms with Gasteiger partial charge in [-0.2, -0.15) is 0 Å². The van der Waals surface area contributed by atoms with Gasteiger partial charge in [0.15, 0.2) is 5.58 Å². The van der Waals surface area contributed by atoms with E-state index in [0.717, 1.165) is 40.0 Å². The van der Waals surface area contributed by atoms with Gasteiger partial charge >= 0.3 is 0 Å². The molecule has 9 nitrogen and oxygen atoms in total. The van der Waals surface area contributed by atoms with Crippen molar-refractivity contribution in [2.75, 3.05) is 44.7 Å². The molecule has 0 fully saturated rings. The number of anilines is 1. The third-order valence-electron chi connectivity index (χ3n) is 6.53. The van der Waals surface area contributed by atoms with Gasteiger partial charge in [-0.3, -0.25) is 19.9 Å². The van der Waals surface area contributed by atoms with E-state index < -0.39 is 0 Å². The summed E-state index contributed by atoms with van der Waals surface area (Å²) < 4.78 is 18.9. The predicted octanol–water partition coefficient (Wildman–Crippen LogP) is 2.51. The Kier molecular flexibility index (Phi) is 7.97. The highest BCUT2D eigenvalue weighted by molar-refractivity contribution is 5.98. The normalized spacial score (nSPS) is 13.2. The van der Waals surface area contributed by atoms with Gasteiger partial charge in [0.2, 0.25) is 5.91 Å². The molecule has 0 aliphatic carbocycles. The minimum atomic E-state index is -0.281. The number of hydrazine groups is 1. The molecule has 192 valence electrons. The van der Waals surface area contributed by atoms with Crippen LogP contribution in [0.1, 0.15) is 29.3 Å². The first-order chi connectivity index (χ1) is 17.3. The largest absolute Gasteiger partial charge is 0.356 e. The van der Waals surface area contributed by atoms with Gasteiger partial charge in [0.05, 0.1) is 18.8 Å². The molecule has 36 heavy (non-hydrogen) atoms. The molecule has 0 saturated heterocycles. The van der Waals surface area contributed by atoms with Crippen molar-refractivity contribution < 1.29 is 18.5 Å². The number of nitrogens with zero attached hydrogens (tertiary/aromatic N) is 4. The van der Waals surface area contributed by atoms with Crippen LogP contribution in [0.2, 0.25) is 0 Å². The van der Waals surface area contributed by atoms with E-state index in [0.29, 0.717) is 31.8 Å². The lowest BCUT2D eigenvalue weighted by Crippen LogP contribution is -2.47. The maximum Gasteiger partial charge on any atom is 0.250 e. The van der Waals surface area contributed by atoms with Gasteiger partial charge in [-0.05, 0) is 61.3 Å². The highest BCUT2D eigenvalue weighted by Crippen LogP contribution is 2.29. The molecule has 0 atom stereocenters. The van der Waals surface area contributed by atoms with Crippen molar-refractivity contribution in [3.8, 4) is 0 Å². The number of nitrogens with one attached hydrogen (secondary N) is 2. The number of aromatic nitrogens is 1. The highest BCUT2D eigenvalue weighted by Gasteiger charge is 2.26. The van der Waals surface area contributed by atoms with Crippen molar-refractivity contribution in [1.29, 1.82) is 0 Å². The third-order valence-corrected chi connectivity index (χ3v) is 6.53. The molecule has 10 heteroatoms. The number of carbonyl (C=O) groups is 2. The van der Waals surface area contributed by atoms with E-state index in [2.05, 4.69) is 15.8 Å². The number of aryl methyl sites for hydroxylation is 2. The number of hydrogen-bond donors (Lipinski definition) is 2. The average molecular weight is 497 g/mol. The highest BCUT2D eigenvalue weighted by atomic mass is 19.1. The smallest absolute Gasteiger partial charge is 0.250 e. The van der Waals surface area contributed by atoms with E-state index in [1.165, 1.54) is 17.1 Å². The summed E-state index contributed by atoms with van der Waals surface area (Å²) in [6.45, 7) is 8.78. The first kappa shape index (κ1) is 25.7. The maximum absolute atomic E-state index is 13.5. The summed E-state index contributed by atoms with van der Waals surface area (Å²) in [6.07, 6.45) is 0. The molecule has 0 spiro atoms. The summed E-state index contributed by atoms with van der Waals surface area (Å²) in [5.41, 5.74) is 5.04. The quantitative estimate of drug-likeness (QED) is 0.417. The molecule has 1 aromatic heterocycles. The Morgan fingerprint density at radius 2 is 1.83 bits per heavy atom. The van der Waals surface area contributed by atoms with Crippen LogP contribution in [0.3, 0.4) is 0 Å². The number of fused-ring (bicyclic) bond motifs is 2. The second kappa shape index (κ2) is 11.2. The van der Waals surface area contributed by atoms with E-state index >= 15 is 0 Å². The molecule has 1 aliphatic rings. The van der Waals surface area contributed by atoms with Gasteiger partial charge in [-0.1, -0.05) is 18.1 Å².